The summed E-state index contributed by atoms with van der Waals surface area (Å²) in [6.07, 6.45) is -1.13. The molecule has 7 heteroatoms. The molecule has 0 aliphatic carbocycles. The normalized spacial score (nSPS) is 10.1. The van der Waals surface area contributed by atoms with Crippen LogP contribution in [0.5, 0.6) is 0 Å². The van der Waals surface area contributed by atoms with E-state index in [0.29, 0.717) is 5.13 Å². The van der Waals surface area contributed by atoms with Crippen LogP contribution in [0.4, 0.5) is 9.93 Å². The third kappa shape index (κ3) is 2.49. The van der Waals surface area contributed by atoms with Crippen molar-refractivity contribution >= 4 is 44.5 Å². The average Bonchev–Trinajstić information content (AvgIpc) is 2.59. The molecule has 0 fully saturated rings. The van der Waals surface area contributed by atoms with Gasteiger partial charge in [0.25, 0.3) is 0 Å². The fourth-order valence-electron chi connectivity index (χ4n) is 1.36. The number of carboxylic acid groups (broad SMARTS) is 1. The van der Waals surface area contributed by atoms with Gasteiger partial charge in [0.2, 0.25) is 0 Å². The van der Waals surface area contributed by atoms with Gasteiger partial charge in [-0.05, 0) is 36.4 Å². The topological polar surface area (TPSA) is 86.0 Å². The van der Waals surface area contributed by atoms with Gasteiger partial charge >= 0.3 is 6.09 Å². The third-order valence-corrected chi connectivity index (χ3v) is 3.74. The Bertz CT molecular complexity index is 630. The fraction of sp³-hybridized carbons (Fsp3) is 0.100. The number of aryl methyl sites for hydroxylation is 1. The second kappa shape index (κ2) is 4.61. The molecule has 0 saturated carbocycles. The molecule has 0 bridgehead atoms. The SMILES string of the molecule is Cc1cc2nc(NC(=O)O)sc2cc1SC#N. The minimum Gasteiger partial charge on any atom is -0.465 e. The zero-order chi connectivity index (χ0) is 12.4. The van der Waals surface area contributed by atoms with E-state index < -0.39 is 6.09 Å². The summed E-state index contributed by atoms with van der Waals surface area (Å²) in [7, 11) is 0. The maximum absolute atomic E-state index is 10.5. The lowest BCUT2D eigenvalue weighted by molar-refractivity contribution is 0.210. The van der Waals surface area contributed by atoms with Crippen molar-refractivity contribution in [2.75, 3.05) is 5.32 Å². The second-order valence-electron chi connectivity index (χ2n) is 3.23. The summed E-state index contributed by atoms with van der Waals surface area (Å²) in [6, 6.07) is 3.70. The summed E-state index contributed by atoms with van der Waals surface area (Å²) < 4.78 is 0.858. The zero-order valence-electron chi connectivity index (χ0n) is 8.72. The first-order valence-electron chi connectivity index (χ1n) is 4.57. The Labute approximate surface area is 105 Å². The third-order valence-electron chi connectivity index (χ3n) is 2.05. The molecule has 1 aromatic heterocycles. The number of nitriles is 1. The van der Waals surface area contributed by atoms with Gasteiger partial charge in [-0.2, -0.15) is 5.26 Å². The number of aromatic nitrogens is 1. The molecule has 0 atom stereocenters. The maximum Gasteiger partial charge on any atom is 0.410 e. The largest absolute Gasteiger partial charge is 0.465 e. The minimum absolute atomic E-state index is 0.339. The molecule has 0 saturated heterocycles. The molecule has 5 nitrogen and oxygen atoms in total. The first-order valence-corrected chi connectivity index (χ1v) is 6.20. The highest BCUT2D eigenvalue weighted by molar-refractivity contribution is 8.03. The van der Waals surface area contributed by atoms with E-state index in [9.17, 15) is 4.79 Å². The lowest BCUT2D eigenvalue weighted by Gasteiger charge is -1.98. The summed E-state index contributed by atoms with van der Waals surface area (Å²) in [5.74, 6) is 0. The maximum atomic E-state index is 10.5. The number of hydrogen-bond acceptors (Lipinski definition) is 5. The van der Waals surface area contributed by atoms with Crippen LogP contribution in [0.25, 0.3) is 10.2 Å². The first kappa shape index (κ1) is 11.7. The number of nitrogens with one attached hydrogen (secondary N) is 1. The number of thioether (sulfide) groups is 1. The highest BCUT2D eigenvalue weighted by Gasteiger charge is 2.09. The van der Waals surface area contributed by atoms with E-state index in [0.717, 1.165) is 32.4 Å². The van der Waals surface area contributed by atoms with E-state index in [1.165, 1.54) is 11.3 Å². The van der Waals surface area contributed by atoms with Gasteiger partial charge in [0.15, 0.2) is 5.13 Å². The Kier molecular flexibility index (Phi) is 3.17. The van der Waals surface area contributed by atoms with Gasteiger partial charge in [0.05, 0.1) is 10.2 Å². The molecule has 1 heterocycles. The average molecular weight is 265 g/mol. The van der Waals surface area contributed by atoms with E-state index in [2.05, 4.69) is 10.3 Å². The number of amides is 1. The van der Waals surface area contributed by atoms with E-state index in [-0.39, 0.29) is 0 Å². The Morgan fingerprint density at radius 1 is 1.65 bits per heavy atom. The predicted molar refractivity (Wildman–Crippen MR) is 67.5 cm³/mol. The lowest BCUT2D eigenvalue weighted by Crippen LogP contribution is -2.06. The summed E-state index contributed by atoms with van der Waals surface area (Å²) in [5.41, 5.74) is 1.69. The van der Waals surface area contributed by atoms with Gasteiger partial charge in [-0.25, -0.2) is 9.78 Å². The summed E-state index contributed by atoms with van der Waals surface area (Å²) in [5, 5.41) is 21.8. The molecule has 1 amide bonds. The molecule has 17 heavy (non-hydrogen) atoms. The quantitative estimate of drug-likeness (QED) is 0.643. The zero-order valence-corrected chi connectivity index (χ0v) is 10.4. The lowest BCUT2D eigenvalue weighted by atomic mass is 10.2. The van der Waals surface area contributed by atoms with Crippen LogP contribution in [0.1, 0.15) is 5.56 Å². The van der Waals surface area contributed by atoms with Crippen LogP contribution >= 0.6 is 23.1 Å². The van der Waals surface area contributed by atoms with Crippen molar-refractivity contribution in [3.8, 4) is 5.40 Å². The molecular formula is C10H7N3O2S2. The Balaban J connectivity index is 2.47. The fourth-order valence-corrected chi connectivity index (χ4v) is 2.81. The van der Waals surface area contributed by atoms with Crippen LogP contribution in [0.3, 0.4) is 0 Å². The van der Waals surface area contributed by atoms with Gasteiger partial charge in [0, 0.05) is 4.90 Å². The molecule has 0 unspecified atom stereocenters. The van der Waals surface area contributed by atoms with Crippen molar-refractivity contribution < 1.29 is 9.90 Å². The number of carbonyl (C=O) groups is 1. The van der Waals surface area contributed by atoms with Gasteiger partial charge in [-0.1, -0.05) is 11.3 Å². The number of hydrogen-bond donors (Lipinski definition) is 2. The van der Waals surface area contributed by atoms with E-state index in [4.69, 9.17) is 10.4 Å². The number of rotatable bonds is 2. The first-order chi connectivity index (χ1) is 8.10. The number of benzene rings is 1. The van der Waals surface area contributed by atoms with Crippen LogP contribution in [-0.4, -0.2) is 16.2 Å². The van der Waals surface area contributed by atoms with Crippen molar-refractivity contribution in [3.05, 3.63) is 17.7 Å². The smallest absolute Gasteiger partial charge is 0.410 e. The number of nitrogens with zero attached hydrogens (tertiary/aromatic N) is 2. The van der Waals surface area contributed by atoms with E-state index in [1.807, 2.05) is 24.5 Å². The van der Waals surface area contributed by atoms with Crippen LogP contribution in [-0.2, 0) is 0 Å². The van der Waals surface area contributed by atoms with Crippen LogP contribution in [0.2, 0.25) is 0 Å². The molecule has 2 N–H and O–H groups in total. The van der Waals surface area contributed by atoms with Crippen molar-refractivity contribution in [2.24, 2.45) is 0 Å². The molecule has 1 aromatic carbocycles. The summed E-state index contributed by atoms with van der Waals surface area (Å²) in [4.78, 5) is 15.5. The molecule has 86 valence electrons. The number of thiazole rings is 1. The van der Waals surface area contributed by atoms with Gasteiger partial charge in [0.1, 0.15) is 5.40 Å². The van der Waals surface area contributed by atoms with Crippen molar-refractivity contribution in [3.63, 3.8) is 0 Å². The van der Waals surface area contributed by atoms with Crippen molar-refractivity contribution in [1.29, 1.82) is 5.26 Å². The molecule has 0 aliphatic rings. The van der Waals surface area contributed by atoms with Crippen molar-refractivity contribution in [2.45, 2.75) is 11.8 Å². The number of thiocyanates is 1. The Morgan fingerprint density at radius 2 is 2.41 bits per heavy atom. The molecular weight excluding hydrogens is 258 g/mol. The van der Waals surface area contributed by atoms with Gasteiger partial charge in [-0.3, -0.25) is 5.32 Å². The van der Waals surface area contributed by atoms with Gasteiger partial charge in [-0.15, -0.1) is 0 Å². The Morgan fingerprint density at radius 3 is 3.06 bits per heavy atom. The predicted octanol–water partition coefficient (Wildman–Crippen LogP) is 3.27. The molecule has 0 aliphatic heterocycles. The minimum atomic E-state index is -1.13. The van der Waals surface area contributed by atoms with Gasteiger partial charge < -0.3 is 5.11 Å². The standard InChI is InChI=1S/C10H7N3O2S2/c1-5-2-6-8(3-7(5)16-4-11)17-9(12-6)13-10(14)15/h2-3H,1H3,(H,12,13)(H,14,15). The van der Waals surface area contributed by atoms with Crippen LogP contribution in [0.15, 0.2) is 17.0 Å². The van der Waals surface area contributed by atoms with Crippen LogP contribution in [0, 0.1) is 17.6 Å². The second-order valence-corrected chi connectivity index (χ2v) is 5.09. The highest BCUT2D eigenvalue weighted by atomic mass is 32.2. The summed E-state index contributed by atoms with van der Waals surface area (Å²) in [6.45, 7) is 1.89. The molecule has 0 spiro atoms. The monoisotopic (exact) mass is 265 g/mol. The number of fused-ring (bicyclic) bond motifs is 1. The number of anilines is 1. The summed E-state index contributed by atoms with van der Waals surface area (Å²) >= 11 is 2.34. The van der Waals surface area contributed by atoms with Crippen LogP contribution < -0.4 is 5.32 Å². The molecule has 2 rings (SSSR count). The molecule has 0 radical (unpaired) electrons. The van der Waals surface area contributed by atoms with E-state index >= 15 is 0 Å². The highest BCUT2D eigenvalue weighted by Crippen LogP contribution is 2.32. The Hall–Kier alpha value is -1.78. The van der Waals surface area contributed by atoms with Crippen molar-refractivity contribution in [1.82, 2.24) is 4.98 Å². The molecule has 2 aromatic rings. The van der Waals surface area contributed by atoms with E-state index in [1.54, 1.807) is 0 Å².